The molecule has 3 rings (SSSR count). The first-order chi connectivity index (χ1) is 11.4. The van der Waals surface area contributed by atoms with Crippen LogP contribution in [0.2, 0.25) is 0 Å². The van der Waals surface area contributed by atoms with Crippen LogP contribution in [0, 0.1) is 15.5 Å². The third kappa shape index (κ3) is 2.96. The second-order valence-corrected chi connectivity index (χ2v) is 6.64. The molecule has 1 heterocycles. The van der Waals surface area contributed by atoms with Crippen molar-refractivity contribution in [3.05, 3.63) is 38.9 Å². The molecule has 8 heteroatoms. The number of H-pyrrole nitrogens is 1. The van der Waals surface area contributed by atoms with Gasteiger partial charge in [-0.25, -0.2) is 4.98 Å². The summed E-state index contributed by atoms with van der Waals surface area (Å²) in [5, 5.41) is 24.9. The molecule has 1 aromatic carbocycles. The number of aliphatic hydroxyl groups is 1. The Morgan fingerprint density at radius 3 is 3.00 bits per heavy atom. The molecule has 0 saturated heterocycles. The smallest absolute Gasteiger partial charge is 0.293 e. The zero-order valence-electron chi connectivity index (χ0n) is 13.4. The van der Waals surface area contributed by atoms with Crippen LogP contribution in [0.1, 0.15) is 32.6 Å². The number of aromatic amines is 1. The highest BCUT2D eigenvalue weighted by Gasteiger charge is 2.35. The van der Waals surface area contributed by atoms with E-state index in [0.29, 0.717) is 17.7 Å². The summed E-state index contributed by atoms with van der Waals surface area (Å²) >= 11 is 0. The van der Waals surface area contributed by atoms with Gasteiger partial charge >= 0.3 is 0 Å². The molecule has 1 fully saturated rings. The monoisotopic (exact) mass is 332 g/mol. The third-order valence-corrected chi connectivity index (χ3v) is 4.92. The lowest BCUT2D eigenvalue weighted by Gasteiger charge is -2.38. The maximum atomic E-state index is 11.8. The molecule has 1 aromatic heterocycles. The molecule has 0 spiro atoms. The van der Waals surface area contributed by atoms with Crippen LogP contribution in [0.3, 0.4) is 0 Å². The van der Waals surface area contributed by atoms with Crippen molar-refractivity contribution in [2.75, 3.05) is 11.9 Å². The molecule has 1 saturated carbocycles. The molecule has 0 radical (unpaired) electrons. The molecular weight excluding hydrogens is 312 g/mol. The Labute approximate surface area is 138 Å². The molecule has 128 valence electrons. The Morgan fingerprint density at radius 2 is 2.29 bits per heavy atom. The first-order valence-electron chi connectivity index (χ1n) is 7.98. The van der Waals surface area contributed by atoms with Crippen LogP contribution in [0.15, 0.2) is 23.3 Å². The predicted octanol–water partition coefficient (Wildman–Crippen LogP) is 2.18. The zero-order valence-corrected chi connectivity index (χ0v) is 13.4. The number of benzene rings is 1. The molecule has 2 atom stereocenters. The molecule has 2 unspecified atom stereocenters. The highest BCUT2D eigenvalue weighted by atomic mass is 16.6. The zero-order chi connectivity index (χ0) is 17.3. The maximum Gasteiger partial charge on any atom is 0.293 e. The number of anilines is 1. The minimum absolute atomic E-state index is 0.171. The number of nitro benzene ring substituents is 1. The van der Waals surface area contributed by atoms with E-state index in [1.165, 1.54) is 18.5 Å². The van der Waals surface area contributed by atoms with Gasteiger partial charge in [0.15, 0.2) is 0 Å². The summed E-state index contributed by atoms with van der Waals surface area (Å²) in [6, 6.07) is 2.75. The molecular formula is C16H20N4O4. The number of nitrogens with one attached hydrogen (secondary N) is 2. The van der Waals surface area contributed by atoms with Gasteiger partial charge in [-0.05, 0) is 18.9 Å². The lowest BCUT2D eigenvalue weighted by atomic mass is 9.73. The molecule has 8 nitrogen and oxygen atoms in total. The SMILES string of the molecule is CC1(CNc2cc3nc[nH]c(=O)c3cc2[N+](=O)[O-])CCCCC1O. The summed E-state index contributed by atoms with van der Waals surface area (Å²) in [5.74, 6) is 0. The molecule has 2 aromatic rings. The van der Waals surface area contributed by atoms with E-state index >= 15 is 0 Å². The van der Waals surface area contributed by atoms with E-state index in [2.05, 4.69) is 15.3 Å². The van der Waals surface area contributed by atoms with Crippen molar-refractivity contribution < 1.29 is 10.0 Å². The Kier molecular flexibility index (Phi) is 4.23. The summed E-state index contributed by atoms with van der Waals surface area (Å²) in [6.07, 6.45) is 4.48. The normalized spacial score (nSPS) is 24.0. The molecule has 24 heavy (non-hydrogen) atoms. The third-order valence-electron chi connectivity index (χ3n) is 4.92. The fraction of sp³-hybridized carbons (Fsp3) is 0.500. The number of nitrogens with zero attached hydrogens (tertiary/aromatic N) is 2. The van der Waals surface area contributed by atoms with Crippen LogP contribution in [0.5, 0.6) is 0 Å². The van der Waals surface area contributed by atoms with Crippen LogP contribution in [0.25, 0.3) is 10.9 Å². The largest absolute Gasteiger partial charge is 0.392 e. The molecule has 0 bridgehead atoms. The van der Waals surface area contributed by atoms with Gasteiger partial charge < -0.3 is 15.4 Å². The van der Waals surface area contributed by atoms with Crippen LogP contribution in [-0.4, -0.2) is 32.6 Å². The number of nitro groups is 1. The van der Waals surface area contributed by atoms with E-state index in [1.54, 1.807) is 0 Å². The van der Waals surface area contributed by atoms with Gasteiger partial charge in [-0.15, -0.1) is 0 Å². The van der Waals surface area contributed by atoms with Gasteiger partial charge in [0.2, 0.25) is 0 Å². The van der Waals surface area contributed by atoms with Crippen molar-refractivity contribution in [3.8, 4) is 0 Å². The lowest BCUT2D eigenvalue weighted by Crippen LogP contribution is -2.41. The van der Waals surface area contributed by atoms with Crippen molar-refractivity contribution in [3.63, 3.8) is 0 Å². The van der Waals surface area contributed by atoms with Gasteiger partial charge in [-0.2, -0.15) is 0 Å². The van der Waals surface area contributed by atoms with Crippen LogP contribution < -0.4 is 10.9 Å². The van der Waals surface area contributed by atoms with Crippen molar-refractivity contribution in [2.24, 2.45) is 5.41 Å². The molecule has 0 aliphatic heterocycles. The summed E-state index contributed by atoms with van der Waals surface area (Å²) in [5.41, 5.74) is -0.215. The minimum Gasteiger partial charge on any atom is -0.392 e. The van der Waals surface area contributed by atoms with E-state index in [9.17, 15) is 20.0 Å². The fourth-order valence-electron chi connectivity index (χ4n) is 3.28. The quantitative estimate of drug-likeness (QED) is 0.583. The summed E-state index contributed by atoms with van der Waals surface area (Å²) in [6.45, 7) is 2.41. The number of aliphatic hydroxyl groups excluding tert-OH is 1. The average molecular weight is 332 g/mol. The first kappa shape index (κ1) is 16.4. The molecule has 0 amide bonds. The minimum atomic E-state index is -0.520. The molecule has 1 aliphatic carbocycles. The Hall–Kier alpha value is -2.48. The predicted molar refractivity (Wildman–Crippen MR) is 90.1 cm³/mol. The van der Waals surface area contributed by atoms with Crippen molar-refractivity contribution in [2.45, 2.75) is 38.7 Å². The second kappa shape index (κ2) is 6.20. The number of aromatic nitrogens is 2. The van der Waals surface area contributed by atoms with Gasteiger partial charge in [0, 0.05) is 18.0 Å². The first-order valence-corrected chi connectivity index (χ1v) is 7.98. The molecule has 1 aliphatic rings. The van der Waals surface area contributed by atoms with E-state index in [4.69, 9.17) is 0 Å². The summed E-state index contributed by atoms with van der Waals surface area (Å²) in [4.78, 5) is 29.1. The van der Waals surface area contributed by atoms with E-state index in [-0.39, 0.29) is 16.5 Å². The summed E-state index contributed by atoms with van der Waals surface area (Å²) < 4.78 is 0. The average Bonchev–Trinajstić information content (AvgIpc) is 2.55. The van der Waals surface area contributed by atoms with E-state index in [1.807, 2.05) is 6.92 Å². The van der Waals surface area contributed by atoms with Crippen LogP contribution in [0.4, 0.5) is 11.4 Å². The fourth-order valence-corrected chi connectivity index (χ4v) is 3.28. The number of hydrogen-bond acceptors (Lipinski definition) is 6. The number of hydrogen-bond donors (Lipinski definition) is 3. The van der Waals surface area contributed by atoms with Gasteiger partial charge in [-0.3, -0.25) is 14.9 Å². The highest BCUT2D eigenvalue weighted by molar-refractivity contribution is 5.86. The van der Waals surface area contributed by atoms with Gasteiger partial charge in [0.25, 0.3) is 11.2 Å². The summed E-state index contributed by atoms with van der Waals surface area (Å²) in [7, 11) is 0. The van der Waals surface area contributed by atoms with Crippen molar-refractivity contribution in [1.29, 1.82) is 0 Å². The molecule has 3 N–H and O–H groups in total. The standard InChI is InChI=1S/C16H20N4O4/c1-16(5-3-2-4-14(16)21)8-17-12-7-11-10(6-13(12)20(23)24)15(22)19-9-18-11/h6-7,9,14,17,21H,2-5,8H2,1H3,(H,18,19,22). The second-order valence-electron chi connectivity index (χ2n) is 6.64. The Balaban J connectivity index is 1.95. The van der Waals surface area contributed by atoms with Gasteiger partial charge in [0.1, 0.15) is 5.69 Å². The number of fused-ring (bicyclic) bond motifs is 1. The van der Waals surface area contributed by atoms with E-state index < -0.39 is 16.6 Å². The highest BCUT2D eigenvalue weighted by Crippen LogP contribution is 2.37. The van der Waals surface area contributed by atoms with Crippen molar-refractivity contribution in [1.82, 2.24) is 9.97 Å². The maximum absolute atomic E-state index is 11.8. The topological polar surface area (TPSA) is 121 Å². The van der Waals surface area contributed by atoms with Crippen LogP contribution >= 0.6 is 0 Å². The Morgan fingerprint density at radius 1 is 1.50 bits per heavy atom. The van der Waals surface area contributed by atoms with E-state index in [0.717, 1.165) is 25.7 Å². The van der Waals surface area contributed by atoms with Crippen molar-refractivity contribution >= 4 is 22.3 Å². The number of rotatable bonds is 4. The van der Waals surface area contributed by atoms with Gasteiger partial charge in [0.05, 0.1) is 28.3 Å². The van der Waals surface area contributed by atoms with Crippen LogP contribution in [-0.2, 0) is 0 Å². The Bertz CT molecular complexity index is 834. The van der Waals surface area contributed by atoms with Gasteiger partial charge in [-0.1, -0.05) is 19.8 Å². The lowest BCUT2D eigenvalue weighted by molar-refractivity contribution is -0.383.